The Kier molecular flexibility index (Phi) is 6.32. The van der Waals surface area contributed by atoms with E-state index in [1.807, 2.05) is 44.4 Å². The molecule has 0 saturated heterocycles. The maximum absolute atomic E-state index is 12.4. The molecule has 2 amide bonds. The third kappa shape index (κ3) is 4.98. The molecule has 0 spiro atoms. The first-order valence-corrected chi connectivity index (χ1v) is 10.6. The highest BCUT2D eigenvalue weighted by atomic mass is 32.1. The quantitative estimate of drug-likeness (QED) is 0.754. The summed E-state index contributed by atoms with van der Waals surface area (Å²) in [5.41, 5.74) is 4.72. The van der Waals surface area contributed by atoms with Crippen LogP contribution in [-0.4, -0.2) is 18.4 Å². The van der Waals surface area contributed by atoms with Crippen molar-refractivity contribution in [3.63, 3.8) is 0 Å². The maximum Gasteiger partial charge on any atom is 0.252 e. The number of hydrogen-bond donors (Lipinski definition) is 2. The van der Waals surface area contributed by atoms with Gasteiger partial charge in [0.15, 0.2) is 0 Å². The van der Waals surface area contributed by atoms with Crippen molar-refractivity contribution >= 4 is 28.8 Å². The molecule has 2 N–H and O–H groups in total. The number of thiophene rings is 1. The fraction of sp³-hybridized carbons (Fsp3) is 0.455. The molecule has 1 aliphatic carbocycles. The molecule has 3 rings (SSSR count). The Morgan fingerprint density at radius 2 is 1.70 bits per heavy atom. The largest absolute Gasteiger partial charge is 0.343 e. The summed E-state index contributed by atoms with van der Waals surface area (Å²) in [6.07, 6.45) is 6.33. The van der Waals surface area contributed by atoms with Crippen molar-refractivity contribution in [3.8, 4) is 0 Å². The molecule has 4 nitrogen and oxygen atoms in total. The van der Waals surface area contributed by atoms with Gasteiger partial charge in [0.2, 0.25) is 5.91 Å². The Morgan fingerprint density at radius 3 is 2.37 bits per heavy atom. The molecule has 0 bridgehead atoms. The SMILES string of the molecule is Cc1cc(C)c(NC(=O)CNC(=O)c2csc(C3CCCCC3)c2)c(C)c1. The van der Waals surface area contributed by atoms with Gasteiger partial charge in [-0.3, -0.25) is 9.59 Å². The van der Waals surface area contributed by atoms with Crippen molar-refractivity contribution in [2.75, 3.05) is 11.9 Å². The summed E-state index contributed by atoms with van der Waals surface area (Å²) in [5, 5.41) is 7.57. The summed E-state index contributed by atoms with van der Waals surface area (Å²) < 4.78 is 0. The van der Waals surface area contributed by atoms with E-state index in [4.69, 9.17) is 0 Å². The molecule has 5 heteroatoms. The van der Waals surface area contributed by atoms with Crippen molar-refractivity contribution in [1.29, 1.82) is 0 Å². The minimum Gasteiger partial charge on any atom is -0.343 e. The fourth-order valence-electron chi connectivity index (χ4n) is 3.90. The number of carbonyl (C=O) groups is 2. The normalized spacial score (nSPS) is 14.8. The van der Waals surface area contributed by atoms with Gasteiger partial charge in [-0.1, -0.05) is 37.0 Å². The first kappa shape index (κ1) is 19.6. The highest BCUT2D eigenvalue weighted by Crippen LogP contribution is 2.35. The lowest BCUT2D eigenvalue weighted by Crippen LogP contribution is -2.33. The lowest BCUT2D eigenvalue weighted by atomic mass is 9.88. The summed E-state index contributed by atoms with van der Waals surface area (Å²) >= 11 is 1.67. The molecule has 2 aromatic rings. The molecule has 0 atom stereocenters. The van der Waals surface area contributed by atoms with Gasteiger partial charge in [-0.05, 0) is 56.7 Å². The van der Waals surface area contributed by atoms with Crippen molar-refractivity contribution in [3.05, 3.63) is 50.7 Å². The van der Waals surface area contributed by atoms with E-state index < -0.39 is 0 Å². The second-order valence-corrected chi connectivity index (χ2v) is 8.52. The van der Waals surface area contributed by atoms with Crippen LogP contribution in [0.1, 0.15) is 69.9 Å². The number of carbonyl (C=O) groups excluding carboxylic acids is 2. The van der Waals surface area contributed by atoms with Crippen LogP contribution in [0.2, 0.25) is 0 Å². The first-order chi connectivity index (χ1) is 12.9. The van der Waals surface area contributed by atoms with Crippen LogP contribution in [0.25, 0.3) is 0 Å². The zero-order chi connectivity index (χ0) is 19.4. The molecule has 0 aliphatic heterocycles. The van der Waals surface area contributed by atoms with E-state index in [0.29, 0.717) is 11.5 Å². The predicted octanol–water partition coefficient (Wildman–Crippen LogP) is 5.09. The summed E-state index contributed by atoms with van der Waals surface area (Å²) in [6.45, 7) is 5.97. The fourth-order valence-corrected chi connectivity index (χ4v) is 4.96. The van der Waals surface area contributed by atoms with Gasteiger partial charge in [0, 0.05) is 15.9 Å². The van der Waals surface area contributed by atoms with Crippen molar-refractivity contribution in [2.24, 2.45) is 0 Å². The first-order valence-electron chi connectivity index (χ1n) is 9.68. The van der Waals surface area contributed by atoms with Gasteiger partial charge in [-0.15, -0.1) is 11.3 Å². The van der Waals surface area contributed by atoms with Crippen molar-refractivity contribution in [2.45, 2.75) is 58.8 Å². The molecule has 0 radical (unpaired) electrons. The topological polar surface area (TPSA) is 58.2 Å². The minimum absolute atomic E-state index is 0.0276. The van der Waals surface area contributed by atoms with Crippen LogP contribution in [0.4, 0.5) is 5.69 Å². The second-order valence-electron chi connectivity index (χ2n) is 7.58. The molecule has 27 heavy (non-hydrogen) atoms. The number of anilines is 1. The van der Waals surface area contributed by atoms with Gasteiger partial charge >= 0.3 is 0 Å². The van der Waals surface area contributed by atoms with Crippen LogP contribution in [0, 0.1) is 20.8 Å². The van der Waals surface area contributed by atoms with E-state index in [-0.39, 0.29) is 18.4 Å². The summed E-state index contributed by atoms with van der Waals surface area (Å²) in [5.74, 6) is 0.211. The van der Waals surface area contributed by atoms with Crippen LogP contribution in [0.5, 0.6) is 0 Å². The summed E-state index contributed by atoms with van der Waals surface area (Å²) in [6, 6.07) is 6.08. The second kappa shape index (κ2) is 8.70. The van der Waals surface area contributed by atoms with Crippen LogP contribution < -0.4 is 10.6 Å². The lowest BCUT2D eigenvalue weighted by Gasteiger charge is -2.19. The standard InChI is InChI=1S/C22H28N2O2S/c1-14-9-15(2)21(16(3)10-14)24-20(25)12-23-22(26)18-11-19(27-13-18)17-7-5-4-6-8-17/h9-11,13,17H,4-8,12H2,1-3H3,(H,23,26)(H,24,25). The third-order valence-corrected chi connectivity index (χ3v) is 6.34. The molecule has 1 saturated carbocycles. The third-order valence-electron chi connectivity index (χ3n) is 5.24. The van der Waals surface area contributed by atoms with E-state index in [9.17, 15) is 9.59 Å². The van der Waals surface area contributed by atoms with Gasteiger partial charge in [0.05, 0.1) is 12.1 Å². The summed E-state index contributed by atoms with van der Waals surface area (Å²) in [7, 11) is 0. The van der Waals surface area contributed by atoms with E-state index in [2.05, 4.69) is 10.6 Å². The highest BCUT2D eigenvalue weighted by Gasteiger charge is 2.19. The van der Waals surface area contributed by atoms with Gasteiger partial charge in [0.25, 0.3) is 5.91 Å². The van der Waals surface area contributed by atoms with Crippen LogP contribution in [0.3, 0.4) is 0 Å². The van der Waals surface area contributed by atoms with Crippen molar-refractivity contribution in [1.82, 2.24) is 5.32 Å². The molecular weight excluding hydrogens is 356 g/mol. The number of amides is 2. The molecule has 1 aromatic carbocycles. The Labute approximate surface area is 165 Å². The Bertz CT molecular complexity index is 812. The molecule has 144 valence electrons. The van der Waals surface area contributed by atoms with Gasteiger partial charge < -0.3 is 10.6 Å². The van der Waals surface area contributed by atoms with Crippen LogP contribution >= 0.6 is 11.3 Å². The van der Waals surface area contributed by atoms with E-state index in [1.54, 1.807) is 11.3 Å². The monoisotopic (exact) mass is 384 g/mol. The van der Waals surface area contributed by atoms with Gasteiger partial charge in [-0.2, -0.15) is 0 Å². The average Bonchev–Trinajstić information content (AvgIpc) is 3.14. The van der Waals surface area contributed by atoms with Gasteiger partial charge in [-0.25, -0.2) is 0 Å². The van der Waals surface area contributed by atoms with E-state index >= 15 is 0 Å². The number of rotatable bonds is 5. The van der Waals surface area contributed by atoms with E-state index in [1.165, 1.54) is 42.5 Å². The van der Waals surface area contributed by atoms with E-state index in [0.717, 1.165) is 16.8 Å². The maximum atomic E-state index is 12.4. The molecule has 1 aliphatic rings. The van der Waals surface area contributed by atoms with Gasteiger partial charge in [0.1, 0.15) is 0 Å². The van der Waals surface area contributed by atoms with Crippen molar-refractivity contribution < 1.29 is 9.59 Å². The predicted molar refractivity (Wildman–Crippen MR) is 112 cm³/mol. The Hall–Kier alpha value is -2.14. The Morgan fingerprint density at radius 1 is 1.04 bits per heavy atom. The molecule has 1 aromatic heterocycles. The minimum atomic E-state index is -0.207. The molecular formula is C22H28N2O2S. The average molecular weight is 385 g/mol. The highest BCUT2D eigenvalue weighted by molar-refractivity contribution is 7.10. The smallest absolute Gasteiger partial charge is 0.252 e. The summed E-state index contributed by atoms with van der Waals surface area (Å²) in [4.78, 5) is 26.0. The number of aryl methyl sites for hydroxylation is 3. The van der Waals surface area contributed by atoms with Crippen LogP contribution in [-0.2, 0) is 4.79 Å². The lowest BCUT2D eigenvalue weighted by molar-refractivity contribution is -0.115. The Balaban J connectivity index is 1.54. The molecule has 1 fully saturated rings. The number of hydrogen-bond acceptors (Lipinski definition) is 3. The molecule has 0 unspecified atom stereocenters. The zero-order valence-electron chi connectivity index (χ0n) is 16.4. The number of nitrogens with one attached hydrogen (secondary N) is 2. The zero-order valence-corrected chi connectivity index (χ0v) is 17.2. The molecule has 1 heterocycles. The number of benzene rings is 1. The van der Waals surface area contributed by atoms with Crippen LogP contribution in [0.15, 0.2) is 23.6 Å².